The van der Waals surface area contributed by atoms with E-state index >= 15 is 0 Å². The Hall–Kier alpha value is -7.15. The quantitative estimate of drug-likeness (QED) is 0.0282. The average Bonchev–Trinajstić information content (AvgIpc) is 4.08. The van der Waals surface area contributed by atoms with Gasteiger partial charge in [-0.25, -0.2) is 19.0 Å². The number of imidazole rings is 1. The summed E-state index contributed by atoms with van der Waals surface area (Å²) < 4.78 is 26.0. The maximum Gasteiger partial charge on any atom is 0.508 e. The van der Waals surface area contributed by atoms with Crippen molar-refractivity contribution in [2.24, 2.45) is 11.8 Å². The molecule has 0 aliphatic carbocycles. The molecule has 69 heavy (non-hydrogen) atoms. The number of ether oxygens (including phenoxy) is 4. The Morgan fingerprint density at radius 1 is 0.841 bits per heavy atom. The van der Waals surface area contributed by atoms with Crippen LogP contribution in [0.5, 0.6) is 0 Å². The molecule has 8 rings (SSSR count). The fourth-order valence-corrected chi connectivity index (χ4v) is 11.0. The zero-order valence-corrected chi connectivity index (χ0v) is 39.2. The van der Waals surface area contributed by atoms with E-state index < -0.39 is 63.0 Å². The molecular weight excluding hydrogens is 966 g/mol. The number of carbonyl (C=O) groups excluding carboxylic acids is 4. The lowest BCUT2D eigenvalue weighted by molar-refractivity contribution is -0.751. The molecule has 3 aliphatic heterocycles. The van der Waals surface area contributed by atoms with E-state index in [2.05, 4.69) is 0 Å². The summed E-state index contributed by atoms with van der Waals surface area (Å²) in [5, 5.41) is 44.7. The highest BCUT2D eigenvalue weighted by Gasteiger charge is 2.60. The summed E-state index contributed by atoms with van der Waals surface area (Å²) in [5.74, 6) is -2.30. The van der Waals surface area contributed by atoms with E-state index in [9.17, 15) is 54.6 Å². The standard InChI is InChI=1S/C44H42N7O15S2.ClH/c1-24-35(38(48-37(24)36(25(2)52)39(48)53)42(54)63-19-26-4-10-29(11-5-26)49(57)58)34-18-45-23-47(41(67-3)40(45)68-34)32-16-33(22-66-44(56)65-21-28-8-14-31(15-9-28)51(61)62)46(17-32)43(55)64-20-27-6-12-30(13-7-27)50(59)60;/h4-15,18,23-25,32-33,36-37,52H,16-17,19-22H2,1-3H3;1H/q+1;/p-1/t24-,25+,32+,33-,36+,37+;/m0./s1. The number of likely N-dealkylation sites (tertiary alicyclic amines) is 1. The number of carbonyl (C=O) groups is 4. The number of esters is 1. The molecule has 2 fully saturated rings. The van der Waals surface area contributed by atoms with E-state index in [4.69, 9.17) is 18.9 Å². The number of β-lactam (4-membered cyclic amide) rings is 1. The van der Waals surface area contributed by atoms with Gasteiger partial charge in [0.15, 0.2) is 0 Å². The first-order chi connectivity index (χ1) is 32.5. The first-order valence-corrected chi connectivity index (χ1v) is 23.0. The van der Waals surface area contributed by atoms with Gasteiger partial charge in [0.05, 0.1) is 50.3 Å². The number of thioether (sulfide) groups is 1. The number of non-ortho nitro benzene ring substituents is 3. The van der Waals surface area contributed by atoms with E-state index in [1.165, 1.54) is 113 Å². The SMILES string of the molecule is CSc1c2sc(C3=C(C(=O)OCc4ccc([N+](=O)[O-])cc4)N4C(=O)[C@H]([C@@H](C)O)[C@H]4[C@H]3C)cn2c[n+]1[C@@H]1C[C@@H](COC(=O)OCc2ccc([N+](=O)[O-])cc2)N(C(=O)OCc2ccc([N+](=O)[O-])cc2)C1.[Cl-]. The summed E-state index contributed by atoms with van der Waals surface area (Å²) in [6.45, 7) is 2.64. The van der Waals surface area contributed by atoms with Gasteiger partial charge >= 0.3 is 18.2 Å². The molecule has 25 heteroatoms. The Balaban J connectivity index is 0.00000703. The number of aromatic nitrogens is 2. The molecule has 0 spiro atoms. The number of aliphatic hydroxyl groups is 1. The zero-order valence-electron chi connectivity index (χ0n) is 36.8. The van der Waals surface area contributed by atoms with Crippen molar-refractivity contribution in [3.63, 3.8) is 0 Å². The lowest BCUT2D eigenvalue weighted by Crippen LogP contribution is -3.00. The molecule has 5 aromatic rings. The molecule has 3 aromatic carbocycles. The van der Waals surface area contributed by atoms with Gasteiger partial charge in [-0.1, -0.05) is 30.0 Å². The fraction of sp³-hybridized carbons (Fsp3) is 0.341. The molecule has 22 nitrogen and oxygen atoms in total. The van der Waals surface area contributed by atoms with E-state index in [0.29, 0.717) is 33.6 Å². The normalized spacial score (nSPS) is 19.9. The number of fused-ring (bicyclic) bond motifs is 2. The summed E-state index contributed by atoms with van der Waals surface area (Å²) >= 11 is 2.81. The van der Waals surface area contributed by atoms with Crippen LogP contribution in [0.4, 0.5) is 26.7 Å². The van der Waals surface area contributed by atoms with Gasteiger partial charge in [-0.3, -0.25) is 40.0 Å². The summed E-state index contributed by atoms with van der Waals surface area (Å²) in [6, 6.07) is 15.0. The summed E-state index contributed by atoms with van der Waals surface area (Å²) in [6.07, 6.45) is 3.14. The maximum atomic E-state index is 14.0. The number of thiazole rings is 1. The van der Waals surface area contributed by atoms with E-state index in [-0.39, 0.29) is 80.1 Å². The van der Waals surface area contributed by atoms with E-state index in [1.807, 2.05) is 34.7 Å². The second-order valence-electron chi connectivity index (χ2n) is 16.3. The van der Waals surface area contributed by atoms with Crippen LogP contribution >= 0.6 is 23.1 Å². The average molecular weight is 1010 g/mol. The highest BCUT2D eigenvalue weighted by molar-refractivity contribution is 7.98. The highest BCUT2D eigenvalue weighted by atomic mass is 35.5. The number of nitro benzene ring substituents is 3. The first-order valence-electron chi connectivity index (χ1n) is 21.0. The number of hydrogen-bond donors (Lipinski definition) is 1. The molecule has 2 saturated heterocycles. The van der Waals surface area contributed by atoms with Crippen molar-refractivity contribution in [2.45, 2.75) is 69.3 Å². The third-order valence-corrected chi connectivity index (χ3v) is 14.2. The van der Waals surface area contributed by atoms with Crippen LogP contribution in [0.2, 0.25) is 0 Å². The number of amides is 2. The van der Waals surface area contributed by atoms with Crippen LogP contribution in [0.15, 0.2) is 96.0 Å². The van der Waals surface area contributed by atoms with Gasteiger partial charge in [0.2, 0.25) is 15.8 Å². The summed E-state index contributed by atoms with van der Waals surface area (Å²) in [7, 11) is 0. The predicted octanol–water partition coefficient (Wildman–Crippen LogP) is 3.36. The number of aliphatic hydroxyl groups excluding tert-OH is 1. The molecule has 0 bridgehead atoms. The van der Waals surface area contributed by atoms with Crippen LogP contribution in [0.3, 0.4) is 0 Å². The minimum Gasteiger partial charge on any atom is -1.00 e. The number of halogens is 1. The number of nitrogens with zero attached hydrogens (tertiary/aromatic N) is 7. The molecule has 5 heterocycles. The van der Waals surface area contributed by atoms with Crippen LogP contribution in [0.1, 0.15) is 47.9 Å². The Morgan fingerprint density at radius 3 is 1.87 bits per heavy atom. The number of rotatable bonds is 16. The van der Waals surface area contributed by atoms with Crippen molar-refractivity contribution >= 4 is 74.7 Å². The second-order valence-corrected chi connectivity index (χ2v) is 18.1. The Bertz CT molecular complexity index is 2850. The van der Waals surface area contributed by atoms with Gasteiger partial charge in [0.25, 0.3) is 23.4 Å². The van der Waals surface area contributed by atoms with Crippen LogP contribution in [-0.4, -0.2) is 95.8 Å². The third-order valence-electron chi connectivity index (χ3n) is 12.1. The molecule has 0 unspecified atom stereocenters. The number of nitro groups is 3. The van der Waals surface area contributed by atoms with Gasteiger partial charge in [-0.2, -0.15) is 4.40 Å². The minimum atomic E-state index is -1.03. The van der Waals surface area contributed by atoms with Gasteiger partial charge in [-0.15, -0.1) is 0 Å². The van der Waals surface area contributed by atoms with Gasteiger partial charge in [0, 0.05) is 54.3 Å². The first kappa shape index (κ1) is 49.7. The maximum absolute atomic E-state index is 14.0. The largest absolute Gasteiger partial charge is 1.00 e. The van der Waals surface area contributed by atoms with E-state index in [0.717, 1.165) is 9.86 Å². The molecule has 6 atom stereocenters. The summed E-state index contributed by atoms with van der Waals surface area (Å²) in [4.78, 5) is 90.0. The van der Waals surface area contributed by atoms with Crippen LogP contribution in [-0.2, 0) is 48.4 Å². The smallest absolute Gasteiger partial charge is 0.508 e. The van der Waals surface area contributed by atoms with Crippen molar-refractivity contribution in [1.82, 2.24) is 14.2 Å². The van der Waals surface area contributed by atoms with Crippen molar-refractivity contribution < 1.29 is 75.0 Å². The monoisotopic (exact) mass is 1010 g/mol. The molecule has 0 saturated carbocycles. The van der Waals surface area contributed by atoms with Crippen molar-refractivity contribution in [3.05, 3.63) is 143 Å². The van der Waals surface area contributed by atoms with Crippen molar-refractivity contribution in [2.75, 3.05) is 19.4 Å². The van der Waals surface area contributed by atoms with E-state index in [1.54, 1.807) is 0 Å². The number of hydrogen-bond acceptors (Lipinski definition) is 17. The Kier molecular flexibility index (Phi) is 14.9. The molecule has 2 amide bonds. The topological polar surface area (TPSA) is 270 Å². The van der Waals surface area contributed by atoms with Crippen LogP contribution < -0.4 is 17.0 Å². The van der Waals surface area contributed by atoms with Crippen LogP contribution in [0.25, 0.3) is 10.4 Å². The highest BCUT2D eigenvalue weighted by Crippen LogP contribution is 2.52. The minimum absolute atomic E-state index is 0. The molecule has 3 aliphatic rings. The Labute approximate surface area is 405 Å². The number of benzene rings is 3. The van der Waals surface area contributed by atoms with Gasteiger partial charge in [-0.05, 0) is 66.3 Å². The van der Waals surface area contributed by atoms with Crippen molar-refractivity contribution in [1.29, 1.82) is 0 Å². The molecule has 1 N–H and O–H groups in total. The lowest BCUT2D eigenvalue weighted by atomic mass is 9.77. The molecule has 0 radical (unpaired) electrons. The molecular formula is C44H42ClN7O15S2. The van der Waals surface area contributed by atoms with Gasteiger partial charge < -0.3 is 41.4 Å². The zero-order chi connectivity index (χ0) is 48.6. The predicted molar refractivity (Wildman–Crippen MR) is 239 cm³/mol. The fourth-order valence-electron chi connectivity index (χ4n) is 8.78. The Morgan fingerprint density at radius 2 is 1.36 bits per heavy atom. The molecule has 362 valence electrons. The molecule has 2 aromatic heterocycles. The van der Waals surface area contributed by atoms with Crippen LogP contribution in [0, 0.1) is 42.2 Å². The second kappa shape index (κ2) is 20.6. The summed E-state index contributed by atoms with van der Waals surface area (Å²) in [5.41, 5.74) is 1.74. The lowest BCUT2D eigenvalue weighted by Gasteiger charge is -2.46. The van der Waals surface area contributed by atoms with Gasteiger partial charge in [0.1, 0.15) is 44.4 Å². The third kappa shape index (κ3) is 10.0. The van der Waals surface area contributed by atoms with Crippen molar-refractivity contribution in [3.8, 4) is 0 Å².